The highest BCUT2D eigenvalue weighted by atomic mass is 16.5. The molecule has 3 N–H and O–H groups in total. The molecule has 0 bridgehead atoms. The van der Waals surface area contributed by atoms with E-state index in [0.29, 0.717) is 12.8 Å². The summed E-state index contributed by atoms with van der Waals surface area (Å²) in [6.45, 7) is 1.93. The molecule has 0 spiro atoms. The molecule has 2 atom stereocenters. The Labute approximate surface area is 194 Å². The molecular weight excluding hydrogens is 424 g/mol. The number of rotatable bonds is 13. The number of hydrogen-bond donors (Lipinski definition) is 3. The summed E-state index contributed by atoms with van der Waals surface area (Å²) >= 11 is 0. The Bertz CT molecular complexity index is 860. The Hall–Kier alpha value is -3.39. The SMILES string of the molecule is CCCCOC(=O)NC(CC(=O)OCc1ccccc1)C(=O)NC(CO)Cc1ccccc1. The summed E-state index contributed by atoms with van der Waals surface area (Å²) in [5.41, 5.74) is 1.74. The first-order chi connectivity index (χ1) is 16.0. The van der Waals surface area contributed by atoms with Crippen LogP contribution in [0.25, 0.3) is 0 Å². The van der Waals surface area contributed by atoms with Crippen LogP contribution < -0.4 is 10.6 Å². The zero-order valence-corrected chi connectivity index (χ0v) is 18.9. The number of aliphatic hydroxyl groups is 1. The minimum atomic E-state index is -1.20. The molecule has 2 unspecified atom stereocenters. The van der Waals surface area contributed by atoms with Crippen LogP contribution in [0.1, 0.15) is 37.3 Å². The fourth-order valence-corrected chi connectivity index (χ4v) is 3.03. The third-order valence-electron chi connectivity index (χ3n) is 4.84. The number of unbranched alkanes of at least 4 members (excludes halogenated alkanes) is 1. The predicted molar refractivity (Wildman–Crippen MR) is 123 cm³/mol. The van der Waals surface area contributed by atoms with Crippen LogP contribution in [-0.4, -0.2) is 48.4 Å². The fraction of sp³-hybridized carbons (Fsp3) is 0.400. The predicted octanol–water partition coefficient (Wildman–Crippen LogP) is 2.73. The Morgan fingerprint density at radius 3 is 2.15 bits per heavy atom. The van der Waals surface area contributed by atoms with Gasteiger partial charge in [-0.3, -0.25) is 9.59 Å². The minimum absolute atomic E-state index is 0.0578. The normalized spacial score (nSPS) is 12.3. The number of ether oxygens (including phenoxy) is 2. The van der Waals surface area contributed by atoms with Crippen molar-refractivity contribution < 1.29 is 29.0 Å². The number of carbonyl (C=O) groups is 3. The molecule has 2 aromatic rings. The van der Waals surface area contributed by atoms with E-state index < -0.39 is 30.1 Å². The smallest absolute Gasteiger partial charge is 0.407 e. The molecule has 0 radical (unpaired) electrons. The average Bonchev–Trinajstić information content (AvgIpc) is 2.83. The summed E-state index contributed by atoms with van der Waals surface area (Å²) in [5.74, 6) is -1.24. The maximum Gasteiger partial charge on any atom is 0.407 e. The lowest BCUT2D eigenvalue weighted by Crippen LogP contribution is -2.52. The molecule has 8 nitrogen and oxygen atoms in total. The maximum atomic E-state index is 12.9. The summed E-state index contributed by atoms with van der Waals surface area (Å²) in [5, 5.41) is 14.9. The molecule has 0 saturated carbocycles. The van der Waals surface area contributed by atoms with Gasteiger partial charge in [-0.1, -0.05) is 74.0 Å². The van der Waals surface area contributed by atoms with E-state index >= 15 is 0 Å². The molecule has 178 valence electrons. The van der Waals surface area contributed by atoms with Gasteiger partial charge in [-0.25, -0.2) is 4.79 Å². The van der Waals surface area contributed by atoms with E-state index in [1.165, 1.54) is 0 Å². The summed E-state index contributed by atoms with van der Waals surface area (Å²) in [6.07, 6.45) is 0.775. The molecular formula is C25H32N2O6. The van der Waals surface area contributed by atoms with Gasteiger partial charge in [0, 0.05) is 0 Å². The van der Waals surface area contributed by atoms with E-state index in [4.69, 9.17) is 9.47 Å². The first kappa shape index (κ1) is 25.9. The third-order valence-corrected chi connectivity index (χ3v) is 4.84. The number of hydrogen-bond acceptors (Lipinski definition) is 6. The largest absolute Gasteiger partial charge is 0.461 e. The number of esters is 1. The van der Waals surface area contributed by atoms with Gasteiger partial charge < -0.3 is 25.2 Å². The van der Waals surface area contributed by atoms with Crippen LogP contribution in [0.2, 0.25) is 0 Å². The Morgan fingerprint density at radius 1 is 0.909 bits per heavy atom. The van der Waals surface area contributed by atoms with E-state index in [0.717, 1.165) is 17.5 Å². The topological polar surface area (TPSA) is 114 Å². The number of nitrogens with one attached hydrogen (secondary N) is 2. The van der Waals surface area contributed by atoms with Crippen molar-refractivity contribution >= 4 is 18.0 Å². The van der Waals surface area contributed by atoms with Gasteiger partial charge in [-0.05, 0) is 24.0 Å². The first-order valence-corrected chi connectivity index (χ1v) is 11.1. The van der Waals surface area contributed by atoms with Gasteiger partial charge in [0.1, 0.15) is 12.6 Å². The highest BCUT2D eigenvalue weighted by molar-refractivity contribution is 5.89. The minimum Gasteiger partial charge on any atom is -0.461 e. The van der Waals surface area contributed by atoms with Crippen LogP contribution >= 0.6 is 0 Å². The molecule has 0 saturated heterocycles. The van der Waals surface area contributed by atoms with Gasteiger partial charge >= 0.3 is 12.1 Å². The Morgan fingerprint density at radius 2 is 1.55 bits per heavy atom. The number of amides is 2. The summed E-state index contributed by atoms with van der Waals surface area (Å²) in [7, 11) is 0. The average molecular weight is 457 g/mol. The molecule has 2 aromatic carbocycles. The Kier molecular flexibility index (Phi) is 11.5. The van der Waals surface area contributed by atoms with Crippen LogP contribution in [0, 0.1) is 0 Å². The van der Waals surface area contributed by atoms with E-state index in [1.54, 1.807) is 0 Å². The van der Waals surface area contributed by atoms with E-state index in [1.807, 2.05) is 67.6 Å². The van der Waals surface area contributed by atoms with Gasteiger partial charge in [0.05, 0.1) is 25.7 Å². The standard InChI is InChI=1S/C25H32N2O6/c1-2-3-14-32-25(31)27-22(16-23(29)33-18-20-12-8-5-9-13-20)24(30)26-21(17-28)15-19-10-6-4-7-11-19/h4-13,21-22,28H,2-3,14-18H2,1H3,(H,26,30)(H,27,31). The van der Waals surface area contributed by atoms with Gasteiger partial charge in [-0.2, -0.15) is 0 Å². The van der Waals surface area contributed by atoms with Crippen molar-refractivity contribution in [3.8, 4) is 0 Å². The molecule has 0 aliphatic carbocycles. The molecule has 0 heterocycles. The number of alkyl carbamates (subject to hydrolysis) is 1. The maximum absolute atomic E-state index is 12.9. The molecule has 33 heavy (non-hydrogen) atoms. The van der Waals surface area contributed by atoms with Gasteiger partial charge in [0.15, 0.2) is 0 Å². The van der Waals surface area contributed by atoms with Gasteiger partial charge in [0.25, 0.3) is 0 Å². The van der Waals surface area contributed by atoms with Crippen molar-refractivity contribution in [3.63, 3.8) is 0 Å². The van der Waals surface area contributed by atoms with Crippen LogP contribution in [0.4, 0.5) is 4.79 Å². The molecule has 0 aliphatic rings. The van der Waals surface area contributed by atoms with E-state index in [9.17, 15) is 19.5 Å². The second kappa shape index (κ2) is 14.6. The van der Waals surface area contributed by atoms with Crippen LogP contribution in [-0.2, 0) is 32.1 Å². The number of aliphatic hydroxyl groups excluding tert-OH is 1. The zero-order valence-electron chi connectivity index (χ0n) is 18.9. The van der Waals surface area contributed by atoms with Gasteiger partial charge in [0.2, 0.25) is 5.91 Å². The van der Waals surface area contributed by atoms with Crippen molar-refractivity contribution in [3.05, 3.63) is 71.8 Å². The van der Waals surface area contributed by atoms with Crippen LogP contribution in [0.15, 0.2) is 60.7 Å². The molecule has 0 aromatic heterocycles. The Balaban J connectivity index is 1.98. The molecule has 8 heteroatoms. The highest BCUT2D eigenvalue weighted by Crippen LogP contribution is 2.06. The quantitative estimate of drug-likeness (QED) is 0.315. The molecule has 2 rings (SSSR count). The fourth-order valence-electron chi connectivity index (χ4n) is 3.03. The molecule has 2 amide bonds. The second-order valence-electron chi connectivity index (χ2n) is 7.61. The highest BCUT2D eigenvalue weighted by Gasteiger charge is 2.27. The zero-order chi connectivity index (χ0) is 23.9. The number of carbonyl (C=O) groups excluding carboxylic acids is 3. The van der Waals surface area contributed by atoms with Crippen molar-refractivity contribution in [1.82, 2.24) is 10.6 Å². The molecule has 0 aliphatic heterocycles. The van der Waals surface area contributed by atoms with Crippen molar-refractivity contribution in [2.24, 2.45) is 0 Å². The summed E-state index contributed by atoms with van der Waals surface area (Å²) in [6, 6.07) is 16.7. The number of benzene rings is 2. The van der Waals surface area contributed by atoms with Crippen LogP contribution in [0.3, 0.4) is 0 Å². The lowest BCUT2D eigenvalue weighted by molar-refractivity contribution is -0.147. The summed E-state index contributed by atoms with van der Waals surface area (Å²) < 4.78 is 10.3. The third kappa shape index (κ3) is 10.2. The first-order valence-electron chi connectivity index (χ1n) is 11.1. The lowest BCUT2D eigenvalue weighted by Gasteiger charge is -2.22. The van der Waals surface area contributed by atoms with Crippen molar-refractivity contribution in [2.75, 3.05) is 13.2 Å². The van der Waals surface area contributed by atoms with Crippen molar-refractivity contribution in [1.29, 1.82) is 0 Å². The van der Waals surface area contributed by atoms with E-state index in [2.05, 4.69) is 10.6 Å². The summed E-state index contributed by atoms with van der Waals surface area (Å²) in [4.78, 5) is 37.4. The monoisotopic (exact) mass is 456 g/mol. The lowest BCUT2D eigenvalue weighted by atomic mass is 10.1. The van der Waals surface area contributed by atoms with Crippen molar-refractivity contribution in [2.45, 2.75) is 51.3 Å². The molecule has 0 fully saturated rings. The van der Waals surface area contributed by atoms with E-state index in [-0.39, 0.29) is 26.2 Å². The second-order valence-corrected chi connectivity index (χ2v) is 7.61. The van der Waals surface area contributed by atoms with Gasteiger partial charge in [-0.15, -0.1) is 0 Å². The van der Waals surface area contributed by atoms with Crippen LogP contribution in [0.5, 0.6) is 0 Å².